The number of nitrogens with zero attached hydrogens (tertiary/aromatic N) is 8. The van der Waals surface area contributed by atoms with Gasteiger partial charge in [0.05, 0.1) is 35.9 Å². The molecule has 0 bridgehead atoms. The lowest BCUT2D eigenvalue weighted by Gasteiger charge is -2.13. The summed E-state index contributed by atoms with van der Waals surface area (Å²) in [5.74, 6) is 2.17. The van der Waals surface area contributed by atoms with Crippen molar-refractivity contribution in [2.45, 2.75) is 85.7 Å². The molecule has 14 nitrogen and oxygen atoms in total. The smallest absolute Gasteiger partial charge is 0.261 e. The van der Waals surface area contributed by atoms with E-state index in [1.807, 2.05) is 66.3 Å². The van der Waals surface area contributed by atoms with E-state index in [1.165, 1.54) is 16.2 Å². The van der Waals surface area contributed by atoms with Gasteiger partial charge in [-0.25, -0.2) is 0 Å². The number of unbranched alkanes of at least 4 members (excludes halogenated alkanes) is 1. The van der Waals surface area contributed by atoms with Crippen LogP contribution >= 0.6 is 45.9 Å². The summed E-state index contributed by atoms with van der Waals surface area (Å²) in [4.78, 5) is 52.4. The molecule has 2 atom stereocenters. The molecule has 64 heavy (non-hydrogen) atoms. The summed E-state index contributed by atoms with van der Waals surface area (Å²) in [6, 6.07) is 13.8. The van der Waals surface area contributed by atoms with Gasteiger partial charge < -0.3 is 15.4 Å². The fourth-order valence-electron chi connectivity index (χ4n) is 7.99. The third-order valence-corrected chi connectivity index (χ3v) is 14.4. The fraction of sp³-hybridized carbons (Fsp3) is 0.370. The highest BCUT2D eigenvalue weighted by Gasteiger charge is 2.35. The number of aryl methyl sites for hydroxylation is 3. The molecule has 332 valence electrons. The molecule has 4 aromatic heterocycles. The van der Waals surface area contributed by atoms with E-state index in [1.54, 1.807) is 23.5 Å². The molecule has 18 heteroatoms. The van der Waals surface area contributed by atoms with Crippen molar-refractivity contribution in [1.29, 1.82) is 0 Å². The minimum absolute atomic E-state index is 0.0563. The number of thiophene rings is 2. The highest BCUT2D eigenvalue weighted by molar-refractivity contribution is 7.17. The van der Waals surface area contributed by atoms with Crippen LogP contribution < -0.4 is 10.6 Å². The number of hydrogen-bond acceptors (Lipinski definition) is 12. The molecule has 6 aromatic rings. The average Bonchev–Trinajstić information content (AvgIpc) is 3.98. The molecule has 2 unspecified atom stereocenters. The van der Waals surface area contributed by atoms with E-state index < -0.39 is 12.1 Å². The van der Waals surface area contributed by atoms with Crippen molar-refractivity contribution in [3.63, 3.8) is 0 Å². The summed E-state index contributed by atoms with van der Waals surface area (Å²) >= 11 is 15.5. The molecule has 0 saturated heterocycles. The minimum Gasteiger partial charge on any atom is -0.378 e. The Kier molecular flexibility index (Phi) is 13.7. The van der Waals surface area contributed by atoms with Gasteiger partial charge in [0.15, 0.2) is 11.6 Å². The van der Waals surface area contributed by atoms with Gasteiger partial charge in [-0.15, -0.1) is 43.1 Å². The van der Waals surface area contributed by atoms with Crippen LogP contribution in [-0.4, -0.2) is 84.9 Å². The number of carbonyl (C=O) groups excluding carboxylic acids is 3. The number of benzene rings is 2. The van der Waals surface area contributed by atoms with Crippen LogP contribution in [0.5, 0.6) is 0 Å². The summed E-state index contributed by atoms with van der Waals surface area (Å²) < 4.78 is 9.79. The summed E-state index contributed by atoms with van der Waals surface area (Å²) in [5, 5.41) is 26.7. The largest absolute Gasteiger partial charge is 0.378 e. The number of ether oxygens (including phenoxy) is 1. The van der Waals surface area contributed by atoms with Crippen molar-refractivity contribution in [3.8, 4) is 10.0 Å². The van der Waals surface area contributed by atoms with Crippen molar-refractivity contribution >= 4 is 74.9 Å². The maximum atomic E-state index is 13.8. The molecule has 2 aliphatic heterocycles. The molecule has 0 aliphatic carbocycles. The van der Waals surface area contributed by atoms with Gasteiger partial charge in [0.25, 0.3) is 5.91 Å². The van der Waals surface area contributed by atoms with Crippen LogP contribution in [0.25, 0.3) is 10.0 Å². The van der Waals surface area contributed by atoms with Crippen molar-refractivity contribution in [2.75, 3.05) is 26.3 Å². The highest BCUT2D eigenvalue weighted by Crippen LogP contribution is 2.42. The molecule has 0 saturated carbocycles. The Labute approximate surface area is 389 Å². The van der Waals surface area contributed by atoms with Gasteiger partial charge in [0.2, 0.25) is 5.91 Å². The number of rotatable bonds is 16. The Morgan fingerprint density at radius 1 is 0.688 bits per heavy atom. The Hall–Kier alpha value is -5.39. The third kappa shape index (κ3) is 9.11. The maximum absolute atomic E-state index is 13.8. The maximum Gasteiger partial charge on any atom is 0.261 e. The second-order valence-electron chi connectivity index (χ2n) is 15.9. The lowest BCUT2D eigenvalue weighted by atomic mass is 9.99. The van der Waals surface area contributed by atoms with E-state index in [-0.39, 0.29) is 56.7 Å². The SMILES string of the molecule is CCCCC(=O)CC1N=C(c2ccc(Cl)cc2)c2c(sc(C(=O)NCCOCCNC(=O)CC3N=C(c4ccc(Cl)cc4)c4c(sc(C)c4C)-n4c(C)nnc43)c2C)-n2c(C)nnc21. The molecule has 2 amide bonds. The van der Waals surface area contributed by atoms with Crippen molar-refractivity contribution in [2.24, 2.45) is 9.98 Å². The number of nitrogens with one attached hydrogen (secondary N) is 2. The first-order valence-corrected chi connectivity index (χ1v) is 23.6. The zero-order valence-corrected chi connectivity index (χ0v) is 39.6. The Morgan fingerprint density at radius 2 is 1.20 bits per heavy atom. The first kappa shape index (κ1) is 45.2. The van der Waals surface area contributed by atoms with E-state index >= 15 is 0 Å². The predicted octanol–water partition coefficient (Wildman–Crippen LogP) is 8.71. The fourth-order valence-corrected chi connectivity index (χ4v) is 10.7. The van der Waals surface area contributed by atoms with Crippen LogP contribution in [0, 0.1) is 34.6 Å². The van der Waals surface area contributed by atoms with E-state index in [9.17, 15) is 14.4 Å². The Bertz CT molecular complexity index is 2800. The number of aromatic nitrogens is 6. The zero-order chi connectivity index (χ0) is 45.2. The lowest BCUT2D eigenvalue weighted by molar-refractivity contribution is -0.122. The summed E-state index contributed by atoms with van der Waals surface area (Å²) in [5.41, 5.74) is 6.80. The normalized spacial score (nSPS) is 15.2. The quantitative estimate of drug-likeness (QED) is 0.0908. The molecule has 2 aliphatic rings. The van der Waals surface area contributed by atoms with E-state index in [2.05, 4.69) is 51.8 Å². The summed E-state index contributed by atoms with van der Waals surface area (Å²) in [7, 11) is 0. The Morgan fingerprint density at radius 3 is 1.77 bits per heavy atom. The van der Waals surface area contributed by atoms with Crippen LogP contribution in [0.15, 0.2) is 58.5 Å². The van der Waals surface area contributed by atoms with Crippen LogP contribution in [0.4, 0.5) is 0 Å². The lowest BCUT2D eigenvalue weighted by Crippen LogP contribution is -2.31. The van der Waals surface area contributed by atoms with Gasteiger partial charge in [-0.1, -0.05) is 60.8 Å². The van der Waals surface area contributed by atoms with Gasteiger partial charge in [-0.2, -0.15) is 0 Å². The van der Waals surface area contributed by atoms with E-state index in [0.717, 1.165) is 67.8 Å². The molecular weight excluding hydrogens is 892 g/mol. The molecule has 8 rings (SSSR count). The summed E-state index contributed by atoms with van der Waals surface area (Å²) in [6.45, 7) is 12.9. The second kappa shape index (κ2) is 19.4. The number of hydrogen-bond donors (Lipinski definition) is 2. The second-order valence-corrected chi connectivity index (χ2v) is 18.9. The van der Waals surface area contributed by atoms with Gasteiger partial charge in [0.1, 0.15) is 39.5 Å². The molecular formula is C46H48Cl2N10O4S2. The molecule has 2 N–H and O–H groups in total. The first-order valence-electron chi connectivity index (χ1n) is 21.2. The first-order chi connectivity index (χ1) is 30.8. The number of carbonyl (C=O) groups is 3. The van der Waals surface area contributed by atoms with Crippen LogP contribution in [0.1, 0.15) is 122 Å². The van der Waals surface area contributed by atoms with Crippen molar-refractivity contribution in [1.82, 2.24) is 40.2 Å². The van der Waals surface area contributed by atoms with Crippen molar-refractivity contribution in [3.05, 3.63) is 125 Å². The standard InChI is InChI=1S/C46H48Cl2N10O4S2/c1-7-8-9-33(59)22-34-42-55-54-28(6)58(42)46-38(40(51-34)30-12-16-32(48)17-13-30)25(3)41(64-46)44(61)50-19-21-62-20-18-49-36(60)23-35-43-56-53-27(5)57(43)45-37(24(2)26(4)63-45)39(52-35)29-10-14-31(47)15-11-29/h10-17,34-35H,7-9,18-23H2,1-6H3,(H,49,60)(H,50,61). The Balaban J connectivity index is 0.911. The van der Waals surface area contributed by atoms with E-state index in [4.69, 9.17) is 37.9 Å². The van der Waals surface area contributed by atoms with Crippen LogP contribution in [-0.2, 0) is 14.3 Å². The molecule has 2 aromatic carbocycles. The predicted molar refractivity (Wildman–Crippen MR) is 252 cm³/mol. The molecule has 6 heterocycles. The van der Waals surface area contributed by atoms with Gasteiger partial charge in [0, 0.05) is 63.1 Å². The number of fused-ring (bicyclic) bond motifs is 6. The molecule has 0 radical (unpaired) electrons. The third-order valence-electron chi connectivity index (χ3n) is 11.4. The summed E-state index contributed by atoms with van der Waals surface area (Å²) in [6.07, 6.45) is 2.46. The monoisotopic (exact) mass is 938 g/mol. The number of aliphatic imine (C=N–C) groups is 2. The zero-order valence-electron chi connectivity index (χ0n) is 36.4. The highest BCUT2D eigenvalue weighted by atomic mass is 35.5. The average molecular weight is 940 g/mol. The number of Topliss-reactive ketones (excluding diaryl/α,β-unsaturated/α-hetero) is 1. The molecule has 0 spiro atoms. The van der Waals surface area contributed by atoms with Crippen molar-refractivity contribution < 1.29 is 19.1 Å². The van der Waals surface area contributed by atoms with Crippen LogP contribution in [0.3, 0.4) is 0 Å². The number of ketones is 1. The van der Waals surface area contributed by atoms with Gasteiger partial charge >= 0.3 is 0 Å². The van der Waals surface area contributed by atoms with Crippen LogP contribution in [0.2, 0.25) is 10.0 Å². The molecule has 0 fully saturated rings. The van der Waals surface area contributed by atoms with Gasteiger partial charge in [-0.05, 0) is 76.4 Å². The topological polar surface area (TPSA) is 171 Å². The minimum atomic E-state index is -0.590. The van der Waals surface area contributed by atoms with Gasteiger partial charge in [-0.3, -0.25) is 33.5 Å². The number of halogens is 2. The number of amides is 2. The van der Waals surface area contributed by atoms with E-state index in [0.29, 0.717) is 44.5 Å².